The summed E-state index contributed by atoms with van der Waals surface area (Å²) in [6.45, 7) is 3.80. The molecule has 138 valence electrons. The van der Waals surface area contributed by atoms with Crippen molar-refractivity contribution in [1.29, 1.82) is 0 Å². The summed E-state index contributed by atoms with van der Waals surface area (Å²) in [4.78, 5) is 21.7. The van der Waals surface area contributed by atoms with Gasteiger partial charge in [0.25, 0.3) is 0 Å². The number of carbonyl (C=O) groups is 1. The average molecular weight is 379 g/mol. The summed E-state index contributed by atoms with van der Waals surface area (Å²) in [5, 5.41) is 12.4. The van der Waals surface area contributed by atoms with Crippen molar-refractivity contribution in [3.63, 3.8) is 0 Å². The van der Waals surface area contributed by atoms with E-state index in [0.717, 1.165) is 51.6 Å². The van der Waals surface area contributed by atoms with Crippen LogP contribution in [-0.2, 0) is 11.2 Å². The Kier molecular flexibility index (Phi) is 3.94. The number of benzene rings is 1. The summed E-state index contributed by atoms with van der Waals surface area (Å²) in [5.41, 5.74) is 1.88. The molecule has 0 saturated carbocycles. The molecule has 2 bridgehead atoms. The molecular formula is C20H21N5OS. The number of rotatable bonds is 3. The third-order valence-corrected chi connectivity index (χ3v) is 6.61. The molecule has 0 N–H and O–H groups in total. The quantitative estimate of drug-likeness (QED) is 0.700. The van der Waals surface area contributed by atoms with Crippen molar-refractivity contribution < 1.29 is 4.79 Å². The zero-order chi connectivity index (χ0) is 18.5. The molecule has 2 aromatic heterocycles. The number of hydrogen-bond acceptors (Lipinski definition) is 6. The van der Waals surface area contributed by atoms with Crippen molar-refractivity contribution >= 4 is 28.0 Å². The lowest BCUT2D eigenvalue weighted by Crippen LogP contribution is -2.47. The number of fused-ring (bicyclic) bond motifs is 3. The Labute approximate surface area is 161 Å². The second kappa shape index (κ2) is 6.35. The Morgan fingerprint density at radius 2 is 2.07 bits per heavy atom. The minimum absolute atomic E-state index is 0.193. The van der Waals surface area contributed by atoms with Crippen LogP contribution in [0.5, 0.6) is 0 Å². The fourth-order valence-electron chi connectivity index (χ4n) is 4.26. The summed E-state index contributed by atoms with van der Waals surface area (Å²) in [6.07, 6.45) is 3.33. The lowest BCUT2D eigenvalue weighted by molar-refractivity contribution is -0.132. The fraction of sp³-hybridized carbons (Fsp3) is 0.400. The van der Waals surface area contributed by atoms with Gasteiger partial charge in [-0.05, 0) is 37.9 Å². The highest BCUT2D eigenvalue weighted by Crippen LogP contribution is 2.30. The van der Waals surface area contributed by atoms with Gasteiger partial charge in [0.05, 0.1) is 12.1 Å². The van der Waals surface area contributed by atoms with Crippen molar-refractivity contribution in [2.45, 2.75) is 31.8 Å². The molecule has 0 aliphatic carbocycles. The molecule has 0 radical (unpaired) electrons. The van der Waals surface area contributed by atoms with E-state index in [4.69, 9.17) is 0 Å². The van der Waals surface area contributed by atoms with E-state index in [2.05, 4.69) is 44.2 Å². The highest BCUT2D eigenvalue weighted by molar-refractivity contribution is 7.14. The zero-order valence-corrected chi connectivity index (χ0v) is 16.2. The van der Waals surface area contributed by atoms with Gasteiger partial charge in [-0.3, -0.25) is 14.7 Å². The maximum Gasteiger partial charge on any atom is 0.228 e. The van der Waals surface area contributed by atoms with Gasteiger partial charge in [-0.15, -0.1) is 10.2 Å². The number of aryl methyl sites for hydroxylation is 1. The molecule has 1 amide bonds. The number of hydrogen-bond donors (Lipinski definition) is 0. The molecule has 27 heavy (non-hydrogen) atoms. The van der Waals surface area contributed by atoms with Gasteiger partial charge in [0, 0.05) is 42.3 Å². The van der Waals surface area contributed by atoms with Gasteiger partial charge in [0.15, 0.2) is 0 Å². The van der Waals surface area contributed by atoms with E-state index in [9.17, 15) is 4.79 Å². The first-order valence-electron chi connectivity index (χ1n) is 9.26. The maximum atomic E-state index is 12.8. The molecule has 4 heterocycles. The fourth-order valence-corrected chi connectivity index (χ4v) is 4.95. The van der Waals surface area contributed by atoms with Crippen molar-refractivity contribution in [3.8, 4) is 10.6 Å². The van der Waals surface area contributed by atoms with E-state index in [0.29, 0.717) is 18.5 Å². The summed E-state index contributed by atoms with van der Waals surface area (Å²) in [7, 11) is 2.15. The number of amides is 1. The highest BCUT2D eigenvalue weighted by atomic mass is 32.1. The highest BCUT2D eigenvalue weighted by Gasteiger charge is 2.43. The average Bonchev–Trinajstić information content (AvgIpc) is 3.36. The predicted octanol–water partition coefficient (Wildman–Crippen LogP) is 2.52. The molecule has 2 fully saturated rings. The summed E-state index contributed by atoms with van der Waals surface area (Å²) in [6, 6.07) is 9.14. The molecule has 6 nitrogen and oxygen atoms in total. The van der Waals surface area contributed by atoms with Gasteiger partial charge in [-0.1, -0.05) is 23.5 Å². The largest absolute Gasteiger partial charge is 0.336 e. The molecule has 2 saturated heterocycles. The van der Waals surface area contributed by atoms with Crippen LogP contribution in [0.15, 0.2) is 30.5 Å². The Hall–Kier alpha value is -2.38. The van der Waals surface area contributed by atoms with E-state index in [1.165, 1.54) is 0 Å². The van der Waals surface area contributed by atoms with Crippen LogP contribution in [0.3, 0.4) is 0 Å². The summed E-state index contributed by atoms with van der Waals surface area (Å²) < 4.78 is 0. The second-order valence-corrected chi connectivity index (χ2v) is 8.75. The minimum Gasteiger partial charge on any atom is -0.336 e. The zero-order valence-electron chi connectivity index (χ0n) is 15.4. The molecule has 1 aromatic carbocycles. The van der Waals surface area contributed by atoms with Gasteiger partial charge in [-0.25, -0.2) is 0 Å². The van der Waals surface area contributed by atoms with Crippen molar-refractivity contribution in [2.75, 3.05) is 20.1 Å². The predicted molar refractivity (Wildman–Crippen MR) is 106 cm³/mol. The molecule has 3 aromatic rings. The van der Waals surface area contributed by atoms with E-state index >= 15 is 0 Å². The van der Waals surface area contributed by atoms with E-state index in [-0.39, 0.29) is 5.91 Å². The Morgan fingerprint density at radius 3 is 2.78 bits per heavy atom. The Bertz CT molecular complexity index is 1030. The monoisotopic (exact) mass is 379 g/mol. The second-order valence-electron chi connectivity index (χ2n) is 7.57. The molecule has 2 aliphatic heterocycles. The third-order valence-electron chi connectivity index (χ3n) is 5.72. The normalized spacial score (nSPS) is 22.1. The molecule has 0 spiro atoms. The number of pyridine rings is 1. The summed E-state index contributed by atoms with van der Waals surface area (Å²) in [5.74, 6) is 0.193. The molecular weight excluding hydrogens is 358 g/mol. The molecule has 7 heteroatoms. The van der Waals surface area contributed by atoms with Gasteiger partial charge in [-0.2, -0.15) is 0 Å². The van der Waals surface area contributed by atoms with Crippen molar-refractivity contribution in [2.24, 2.45) is 0 Å². The van der Waals surface area contributed by atoms with E-state index in [1.807, 2.05) is 25.3 Å². The first kappa shape index (κ1) is 16.8. The molecule has 2 atom stereocenters. The summed E-state index contributed by atoms with van der Waals surface area (Å²) >= 11 is 1.59. The smallest absolute Gasteiger partial charge is 0.228 e. The SMILES string of the molecule is Cc1nnc(-c2ccc3cnc(CC(=O)N4C[C@H]5C[C@@H]4CN5C)cc3c2)s1. The number of carbonyl (C=O) groups excluding carboxylic acids is 1. The first-order valence-corrected chi connectivity index (χ1v) is 10.1. The number of likely N-dealkylation sites (N-methyl/N-ethyl adjacent to an activating group) is 1. The standard InChI is InChI=1S/C20H21N5OS/c1-12-22-23-20(27-12)13-3-4-14-9-21-16(6-15(14)5-13)7-19(26)25-11-17-8-18(25)10-24(17)2/h3-6,9,17-18H,7-8,10-11H2,1-2H3/t17-,18-/m1/s1. The lowest BCUT2D eigenvalue weighted by Gasteiger charge is -2.32. The Balaban J connectivity index is 1.38. The molecule has 2 aliphatic rings. The van der Waals surface area contributed by atoms with Crippen LogP contribution in [0.1, 0.15) is 17.1 Å². The van der Waals surface area contributed by atoms with Crippen LogP contribution in [0.2, 0.25) is 0 Å². The Morgan fingerprint density at radius 1 is 1.19 bits per heavy atom. The van der Waals surface area contributed by atoms with Gasteiger partial charge >= 0.3 is 0 Å². The number of aromatic nitrogens is 3. The van der Waals surface area contributed by atoms with Crippen molar-refractivity contribution in [3.05, 3.63) is 41.2 Å². The molecule has 0 unspecified atom stereocenters. The molecule has 5 rings (SSSR count). The first-order chi connectivity index (χ1) is 13.1. The van der Waals surface area contributed by atoms with Crippen LogP contribution >= 0.6 is 11.3 Å². The number of nitrogens with zero attached hydrogens (tertiary/aromatic N) is 5. The topological polar surface area (TPSA) is 62.2 Å². The van der Waals surface area contributed by atoms with Crippen molar-refractivity contribution in [1.82, 2.24) is 25.0 Å². The van der Waals surface area contributed by atoms with Gasteiger partial charge < -0.3 is 4.90 Å². The third kappa shape index (κ3) is 3.00. The maximum absolute atomic E-state index is 12.8. The number of piperazine rings is 1. The lowest BCUT2D eigenvalue weighted by atomic mass is 10.1. The van der Waals surface area contributed by atoms with Crippen LogP contribution in [0, 0.1) is 6.92 Å². The van der Waals surface area contributed by atoms with E-state index in [1.54, 1.807) is 11.3 Å². The minimum atomic E-state index is 0.193. The number of likely N-dealkylation sites (tertiary alicyclic amines) is 2. The van der Waals surface area contributed by atoms with Gasteiger partial charge in [0.2, 0.25) is 5.91 Å². The van der Waals surface area contributed by atoms with Gasteiger partial charge in [0.1, 0.15) is 10.0 Å². The van der Waals surface area contributed by atoms with E-state index < -0.39 is 0 Å². The van der Waals surface area contributed by atoms with Crippen LogP contribution in [-0.4, -0.2) is 63.1 Å². The van der Waals surface area contributed by atoms with Crippen LogP contribution in [0.4, 0.5) is 0 Å². The van der Waals surface area contributed by atoms with Crippen LogP contribution in [0.25, 0.3) is 21.3 Å². The van der Waals surface area contributed by atoms with Crippen LogP contribution < -0.4 is 0 Å².